The normalized spacial score (nSPS) is 12.5. The van der Waals surface area contributed by atoms with Crippen LogP contribution >= 0.6 is 0 Å². The molecule has 0 aromatic heterocycles. The summed E-state index contributed by atoms with van der Waals surface area (Å²) >= 11 is 0. The lowest BCUT2D eigenvalue weighted by Gasteiger charge is -2.18. The molecule has 0 aliphatic rings. The number of rotatable bonds is 45. The molecule has 1 atom stereocenters. The molecule has 0 aliphatic heterocycles. The van der Waals surface area contributed by atoms with Crippen molar-refractivity contribution in [1.82, 2.24) is 0 Å². The minimum atomic E-state index is -0.787. The minimum Gasteiger partial charge on any atom is -0.462 e. The number of carbonyl (C=O) groups excluding carboxylic acids is 3. The zero-order valence-electron chi connectivity index (χ0n) is 39.5. The van der Waals surface area contributed by atoms with Crippen molar-refractivity contribution in [2.24, 2.45) is 0 Å². The molecule has 6 heteroatoms. The Hall–Kier alpha value is -2.89. The van der Waals surface area contributed by atoms with Gasteiger partial charge in [0.05, 0.1) is 0 Å². The second-order valence-electron chi connectivity index (χ2n) is 16.7. The first-order chi connectivity index (χ1) is 29.5. The number of esters is 3. The van der Waals surface area contributed by atoms with Crippen molar-refractivity contribution in [2.45, 2.75) is 252 Å². The van der Waals surface area contributed by atoms with E-state index in [0.29, 0.717) is 19.3 Å². The Labute approximate surface area is 370 Å². The van der Waals surface area contributed by atoms with Gasteiger partial charge in [0, 0.05) is 19.3 Å². The quantitative estimate of drug-likeness (QED) is 0.0263. The molecule has 0 fully saturated rings. The summed E-state index contributed by atoms with van der Waals surface area (Å²) in [6, 6.07) is 0. The summed E-state index contributed by atoms with van der Waals surface area (Å²) in [6.45, 7) is 6.46. The van der Waals surface area contributed by atoms with Crippen LogP contribution in [0.1, 0.15) is 245 Å². The van der Waals surface area contributed by atoms with Gasteiger partial charge in [-0.2, -0.15) is 0 Å². The van der Waals surface area contributed by atoms with Gasteiger partial charge >= 0.3 is 17.9 Å². The van der Waals surface area contributed by atoms with Crippen LogP contribution in [0.2, 0.25) is 0 Å². The molecule has 6 nitrogen and oxygen atoms in total. The zero-order chi connectivity index (χ0) is 43.7. The molecule has 0 N–H and O–H groups in total. The second-order valence-corrected chi connectivity index (χ2v) is 16.7. The summed E-state index contributed by atoms with van der Waals surface area (Å²) in [7, 11) is 0. The maximum Gasteiger partial charge on any atom is 0.306 e. The molecule has 0 aromatic carbocycles. The summed E-state index contributed by atoms with van der Waals surface area (Å²) in [5.74, 6) is -0.919. The van der Waals surface area contributed by atoms with Crippen LogP contribution in [0, 0.1) is 0 Å². The molecule has 0 radical (unpaired) electrons. The first kappa shape index (κ1) is 57.1. The molecular weight excluding hydrogens is 745 g/mol. The highest BCUT2D eigenvalue weighted by Gasteiger charge is 2.19. The van der Waals surface area contributed by atoms with Crippen LogP contribution in [0.25, 0.3) is 0 Å². The number of hydrogen-bond acceptors (Lipinski definition) is 6. The van der Waals surface area contributed by atoms with Crippen molar-refractivity contribution in [1.29, 1.82) is 0 Å². The summed E-state index contributed by atoms with van der Waals surface area (Å²) in [6.07, 6.45) is 59.2. The Balaban J connectivity index is 4.34. The van der Waals surface area contributed by atoms with Crippen LogP contribution in [0.3, 0.4) is 0 Å². The van der Waals surface area contributed by atoms with Gasteiger partial charge in [-0.15, -0.1) is 0 Å². The molecule has 0 bridgehead atoms. The molecule has 0 rings (SSSR count). The van der Waals surface area contributed by atoms with Gasteiger partial charge in [-0.1, -0.05) is 204 Å². The lowest BCUT2D eigenvalue weighted by Crippen LogP contribution is -2.30. The lowest BCUT2D eigenvalue weighted by molar-refractivity contribution is -0.167. The SMILES string of the molecule is CC/C=C\C/C=C\C/C=C\CCCCCC(=O)OC(COC(=O)CCCCCCCCCCCC)COC(=O)CCCCCCCCCCC/C=C\C/C=C\CCCCC. The fourth-order valence-corrected chi connectivity index (χ4v) is 6.96. The van der Waals surface area contributed by atoms with Gasteiger partial charge in [-0.05, 0) is 83.5 Å². The second kappa shape index (κ2) is 48.8. The van der Waals surface area contributed by atoms with Crippen molar-refractivity contribution < 1.29 is 28.6 Å². The van der Waals surface area contributed by atoms with Gasteiger partial charge in [-0.3, -0.25) is 14.4 Å². The van der Waals surface area contributed by atoms with Crippen LogP contribution in [-0.2, 0) is 28.6 Å². The topological polar surface area (TPSA) is 78.9 Å². The van der Waals surface area contributed by atoms with E-state index in [0.717, 1.165) is 89.9 Å². The average molecular weight is 839 g/mol. The molecule has 346 valence electrons. The maximum atomic E-state index is 12.7. The van der Waals surface area contributed by atoms with E-state index in [1.165, 1.54) is 116 Å². The highest BCUT2D eigenvalue weighted by atomic mass is 16.6. The standard InChI is InChI=1S/C54H94O6/c1-4-7-10-13-16-19-22-24-25-26-27-28-29-31-32-35-38-41-44-47-53(56)59-50-51(49-58-52(55)46-43-40-37-34-21-18-15-12-9-6-3)60-54(57)48-45-42-39-36-33-30-23-20-17-14-11-8-5-2/h8,11,16-17,19-20,24-25,30,33,51H,4-7,9-10,12-15,18,21-23,26-29,31-32,34-50H2,1-3H3/b11-8-,19-16-,20-17-,25-24-,33-30-. The Morgan fingerprint density at radius 1 is 0.350 bits per heavy atom. The molecule has 60 heavy (non-hydrogen) atoms. The number of ether oxygens (including phenoxy) is 3. The first-order valence-electron chi connectivity index (χ1n) is 25.3. The number of allylic oxidation sites excluding steroid dienone is 10. The molecule has 0 aromatic rings. The van der Waals surface area contributed by atoms with Crippen LogP contribution in [0.5, 0.6) is 0 Å². The van der Waals surface area contributed by atoms with Gasteiger partial charge < -0.3 is 14.2 Å². The first-order valence-corrected chi connectivity index (χ1v) is 25.3. The fraction of sp³-hybridized carbons (Fsp3) is 0.759. The van der Waals surface area contributed by atoms with E-state index >= 15 is 0 Å². The Morgan fingerprint density at radius 2 is 0.650 bits per heavy atom. The van der Waals surface area contributed by atoms with Crippen molar-refractivity contribution >= 4 is 17.9 Å². The Morgan fingerprint density at radius 3 is 1.07 bits per heavy atom. The molecule has 0 aliphatic carbocycles. The molecule has 0 heterocycles. The van der Waals surface area contributed by atoms with Crippen molar-refractivity contribution in [3.05, 3.63) is 60.8 Å². The van der Waals surface area contributed by atoms with Crippen molar-refractivity contribution in [3.8, 4) is 0 Å². The summed E-state index contributed by atoms with van der Waals surface area (Å²) < 4.78 is 16.7. The van der Waals surface area contributed by atoms with E-state index in [-0.39, 0.29) is 31.1 Å². The van der Waals surface area contributed by atoms with E-state index in [1.807, 2.05) is 0 Å². The Kier molecular flexibility index (Phi) is 46.4. The average Bonchev–Trinajstić information content (AvgIpc) is 3.24. The third kappa shape index (κ3) is 46.2. The summed E-state index contributed by atoms with van der Waals surface area (Å²) in [5, 5.41) is 0. The molecule has 0 saturated carbocycles. The highest BCUT2D eigenvalue weighted by Crippen LogP contribution is 2.14. The van der Waals surface area contributed by atoms with E-state index in [4.69, 9.17) is 14.2 Å². The fourth-order valence-electron chi connectivity index (χ4n) is 6.96. The molecule has 1 unspecified atom stereocenters. The van der Waals surface area contributed by atoms with Crippen molar-refractivity contribution in [3.63, 3.8) is 0 Å². The van der Waals surface area contributed by atoms with Crippen LogP contribution in [-0.4, -0.2) is 37.2 Å². The molecule has 0 amide bonds. The number of unbranched alkanes of at least 4 members (excludes halogenated alkanes) is 24. The largest absolute Gasteiger partial charge is 0.462 e. The van der Waals surface area contributed by atoms with E-state index in [9.17, 15) is 14.4 Å². The smallest absolute Gasteiger partial charge is 0.306 e. The van der Waals surface area contributed by atoms with E-state index in [1.54, 1.807) is 0 Å². The third-order valence-corrected chi connectivity index (χ3v) is 10.8. The maximum absolute atomic E-state index is 12.7. The summed E-state index contributed by atoms with van der Waals surface area (Å²) in [5.41, 5.74) is 0. The van der Waals surface area contributed by atoms with Crippen LogP contribution in [0.15, 0.2) is 60.8 Å². The number of hydrogen-bond donors (Lipinski definition) is 0. The third-order valence-electron chi connectivity index (χ3n) is 10.8. The van der Waals surface area contributed by atoms with E-state index < -0.39 is 6.10 Å². The van der Waals surface area contributed by atoms with Gasteiger partial charge in [0.1, 0.15) is 13.2 Å². The predicted octanol–water partition coefficient (Wildman–Crippen LogP) is 16.5. The molecule has 0 spiro atoms. The molecular formula is C54H94O6. The molecule has 0 saturated heterocycles. The van der Waals surface area contributed by atoms with Crippen LogP contribution < -0.4 is 0 Å². The van der Waals surface area contributed by atoms with Gasteiger partial charge in [-0.25, -0.2) is 0 Å². The van der Waals surface area contributed by atoms with Gasteiger partial charge in [0.25, 0.3) is 0 Å². The zero-order valence-corrected chi connectivity index (χ0v) is 39.5. The lowest BCUT2D eigenvalue weighted by atomic mass is 10.1. The highest BCUT2D eigenvalue weighted by molar-refractivity contribution is 5.71. The predicted molar refractivity (Wildman–Crippen MR) is 256 cm³/mol. The van der Waals surface area contributed by atoms with Crippen LogP contribution in [0.4, 0.5) is 0 Å². The van der Waals surface area contributed by atoms with E-state index in [2.05, 4.69) is 81.5 Å². The van der Waals surface area contributed by atoms with Crippen molar-refractivity contribution in [2.75, 3.05) is 13.2 Å². The van der Waals surface area contributed by atoms with Gasteiger partial charge in [0.15, 0.2) is 6.10 Å². The summed E-state index contributed by atoms with van der Waals surface area (Å²) in [4.78, 5) is 37.9. The monoisotopic (exact) mass is 839 g/mol. The Bertz CT molecular complexity index is 1100. The number of carbonyl (C=O) groups is 3. The minimum absolute atomic E-state index is 0.0860. The van der Waals surface area contributed by atoms with Gasteiger partial charge in [0.2, 0.25) is 0 Å².